The first-order chi connectivity index (χ1) is 8.50. The number of rotatable bonds is 7. The van der Waals surface area contributed by atoms with E-state index in [1.165, 1.54) is 5.56 Å². The van der Waals surface area contributed by atoms with E-state index in [-0.39, 0.29) is 5.60 Å². The smallest absolute Gasteiger partial charge is 0.0623 e. The summed E-state index contributed by atoms with van der Waals surface area (Å²) < 4.78 is 5.48. The molecule has 1 rings (SSSR count). The van der Waals surface area contributed by atoms with E-state index in [2.05, 4.69) is 44.1 Å². The Morgan fingerprint density at radius 2 is 2.17 bits per heavy atom. The van der Waals surface area contributed by atoms with E-state index < -0.39 is 0 Å². The van der Waals surface area contributed by atoms with Crippen molar-refractivity contribution in [1.29, 1.82) is 0 Å². The normalized spacial score (nSPS) is 13.6. The lowest BCUT2D eigenvalue weighted by Crippen LogP contribution is -2.28. The first-order valence-electron chi connectivity index (χ1n) is 6.70. The third kappa shape index (κ3) is 4.39. The summed E-state index contributed by atoms with van der Waals surface area (Å²) in [6.07, 6.45) is 3.91. The minimum atomic E-state index is -0.0731. The lowest BCUT2D eigenvalue weighted by molar-refractivity contribution is 0.0116. The second kappa shape index (κ2) is 6.86. The molecular formula is C15H26N2O. The van der Waals surface area contributed by atoms with Gasteiger partial charge < -0.3 is 10.1 Å². The minimum absolute atomic E-state index is 0.0731. The maximum atomic E-state index is 5.48. The number of methoxy groups -OCH3 is 1. The highest BCUT2D eigenvalue weighted by atomic mass is 16.5. The number of nitrogens with zero attached hydrogens (tertiary/aromatic N) is 1. The van der Waals surface area contributed by atoms with Gasteiger partial charge in [-0.3, -0.25) is 4.98 Å². The van der Waals surface area contributed by atoms with Crippen molar-refractivity contribution >= 4 is 0 Å². The SMILES string of the molecule is CCNC(CCC(C)(C)OC)c1ncccc1C. The van der Waals surface area contributed by atoms with Crippen LogP contribution in [0.4, 0.5) is 0 Å². The maximum Gasteiger partial charge on any atom is 0.0623 e. The highest BCUT2D eigenvalue weighted by Gasteiger charge is 2.21. The van der Waals surface area contributed by atoms with Gasteiger partial charge in [-0.25, -0.2) is 0 Å². The van der Waals surface area contributed by atoms with Gasteiger partial charge in [-0.15, -0.1) is 0 Å². The predicted octanol–water partition coefficient (Wildman–Crippen LogP) is 3.25. The van der Waals surface area contributed by atoms with Gasteiger partial charge in [0, 0.05) is 19.3 Å². The van der Waals surface area contributed by atoms with Crippen LogP contribution < -0.4 is 5.32 Å². The molecule has 1 heterocycles. The molecule has 3 heteroatoms. The van der Waals surface area contributed by atoms with Crippen molar-refractivity contribution in [2.24, 2.45) is 0 Å². The molecule has 0 radical (unpaired) electrons. The molecule has 1 aromatic heterocycles. The molecule has 0 saturated heterocycles. The topological polar surface area (TPSA) is 34.1 Å². The summed E-state index contributed by atoms with van der Waals surface area (Å²) in [4.78, 5) is 4.52. The number of pyridine rings is 1. The monoisotopic (exact) mass is 250 g/mol. The Bertz CT molecular complexity index is 363. The van der Waals surface area contributed by atoms with Crippen LogP contribution in [0.5, 0.6) is 0 Å². The zero-order chi connectivity index (χ0) is 13.6. The van der Waals surface area contributed by atoms with Crippen LogP contribution in [0.2, 0.25) is 0 Å². The second-order valence-corrected chi connectivity index (χ2v) is 5.32. The summed E-state index contributed by atoms with van der Waals surface area (Å²) in [7, 11) is 1.77. The van der Waals surface area contributed by atoms with E-state index in [0.29, 0.717) is 6.04 Å². The number of hydrogen-bond donors (Lipinski definition) is 1. The molecule has 1 N–H and O–H groups in total. The molecule has 0 spiro atoms. The maximum absolute atomic E-state index is 5.48. The Morgan fingerprint density at radius 1 is 1.44 bits per heavy atom. The molecular weight excluding hydrogens is 224 g/mol. The fraction of sp³-hybridized carbons (Fsp3) is 0.667. The molecule has 0 aliphatic heterocycles. The highest BCUT2D eigenvalue weighted by Crippen LogP contribution is 2.24. The lowest BCUT2D eigenvalue weighted by atomic mass is 9.95. The molecule has 0 aliphatic carbocycles. The summed E-state index contributed by atoms with van der Waals surface area (Å²) in [6, 6.07) is 4.42. The van der Waals surface area contributed by atoms with Crippen molar-refractivity contribution in [2.45, 2.75) is 52.2 Å². The summed E-state index contributed by atoms with van der Waals surface area (Å²) in [5, 5.41) is 3.52. The van der Waals surface area contributed by atoms with E-state index in [1.54, 1.807) is 7.11 Å². The van der Waals surface area contributed by atoms with Crippen LogP contribution in [0.1, 0.15) is 50.9 Å². The van der Waals surface area contributed by atoms with Crippen molar-refractivity contribution in [2.75, 3.05) is 13.7 Å². The molecule has 0 aliphatic rings. The van der Waals surface area contributed by atoms with Crippen LogP contribution in [-0.2, 0) is 4.74 Å². The van der Waals surface area contributed by atoms with Crippen molar-refractivity contribution < 1.29 is 4.74 Å². The third-order valence-corrected chi connectivity index (χ3v) is 3.42. The van der Waals surface area contributed by atoms with Gasteiger partial charge in [0.25, 0.3) is 0 Å². The van der Waals surface area contributed by atoms with Crippen molar-refractivity contribution in [3.05, 3.63) is 29.6 Å². The molecule has 0 fully saturated rings. The van der Waals surface area contributed by atoms with Crippen LogP contribution in [-0.4, -0.2) is 24.2 Å². The first kappa shape index (κ1) is 15.1. The van der Waals surface area contributed by atoms with E-state index in [4.69, 9.17) is 4.74 Å². The highest BCUT2D eigenvalue weighted by molar-refractivity contribution is 5.21. The average molecular weight is 250 g/mol. The van der Waals surface area contributed by atoms with E-state index in [1.807, 2.05) is 12.3 Å². The molecule has 1 atom stereocenters. The Labute approximate surface area is 111 Å². The zero-order valence-corrected chi connectivity index (χ0v) is 12.3. The second-order valence-electron chi connectivity index (χ2n) is 5.32. The molecule has 0 aromatic carbocycles. The fourth-order valence-corrected chi connectivity index (χ4v) is 2.04. The van der Waals surface area contributed by atoms with Crippen molar-refractivity contribution in [1.82, 2.24) is 10.3 Å². The number of ether oxygens (including phenoxy) is 1. The Balaban J connectivity index is 2.75. The third-order valence-electron chi connectivity index (χ3n) is 3.42. The standard InChI is InChI=1S/C15H26N2O/c1-6-16-13(9-10-15(3,4)18-5)14-12(2)8-7-11-17-14/h7-8,11,13,16H,6,9-10H2,1-5H3. The number of hydrogen-bond acceptors (Lipinski definition) is 3. The molecule has 102 valence electrons. The largest absolute Gasteiger partial charge is 0.379 e. The molecule has 0 amide bonds. The Morgan fingerprint density at radius 3 is 2.72 bits per heavy atom. The van der Waals surface area contributed by atoms with Crippen LogP contribution in [0, 0.1) is 6.92 Å². The Kier molecular flexibility index (Phi) is 5.76. The lowest BCUT2D eigenvalue weighted by Gasteiger charge is -2.26. The van der Waals surface area contributed by atoms with Gasteiger partial charge in [-0.05, 0) is 51.8 Å². The van der Waals surface area contributed by atoms with Gasteiger partial charge in [0.15, 0.2) is 0 Å². The van der Waals surface area contributed by atoms with Crippen LogP contribution >= 0.6 is 0 Å². The van der Waals surface area contributed by atoms with Gasteiger partial charge in [-0.2, -0.15) is 0 Å². The van der Waals surface area contributed by atoms with Crippen molar-refractivity contribution in [3.8, 4) is 0 Å². The quantitative estimate of drug-likeness (QED) is 0.806. The van der Waals surface area contributed by atoms with Gasteiger partial charge in [0.1, 0.15) is 0 Å². The average Bonchev–Trinajstić information content (AvgIpc) is 2.35. The molecule has 1 unspecified atom stereocenters. The van der Waals surface area contributed by atoms with Gasteiger partial charge >= 0.3 is 0 Å². The van der Waals surface area contributed by atoms with Gasteiger partial charge in [-0.1, -0.05) is 13.0 Å². The molecule has 3 nitrogen and oxygen atoms in total. The van der Waals surface area contributed by atoms with E-state index >= 15 is 0 Å². The molecule has 18 heavy (non-hydrogen) atoms. The molecule has 0 saturated carbocycles. The fourth-order valence-electron chi connectivity index (χ4n) is 2.04. The predicted molar refractivity (Wildman–Crippen MR) is 75.7 cm³/mol. The molecule has 1 aromatic rings. The number of aryl methyl sites for hydroxylation is 1. The summed E-state index contributed by atoms with van der Waals surface area (Å²) in [6.45, 7) is 9.46. The summed E-state index contributed by atoms with van der Waals surface area (Å²) >= 11 is 0. The molecule has 0 bridgehead atoms. The Hall–Kier alpha value is -0.930. The van der Waals surface area contributed by atoms with E-state index in [9.17, 15) is 0 Å². The minimum Gasteiger partial charge on any atom is -0.379 e. The number of nitrogens with one attached hydrogen (secondary N) is 1. The van der Waals surface area contributed by atoms with Gasteiger partial charge in [0.05, 0.1) is 11.3 Å². The van der Waals surface area contributed by atoms with Crippen molar-refractivity contribution in [3.63, 3.8) is 0 Å². The van der Waals surface area contributed by atoms with E-state index in [0.717, 1.165) is 25.1 Å². The van der Waals surface area contributed by atoms with Gasteiger partial charge in [0.2, 0.25) is 0 Å². The zero-order valence-electron chi connectivity index (χ0n) is 12.3. The summed E-state index contributed by atoms with van der Waals surface area (Å²) in [5.41, 5.74) is 2.33. The number of aromatic nitrogens is 1. The van der Waals surface area contributed by atoms with Crippen LogP contribution in [0.25, 0.3) is 0 Å². The van der Waals surface area contributed by atoms with Crippen LogP contribution in [0.3, 0.4) is 0 Å². The summed E-state index contributed by atoms with van der Waals surface area (Å²) in [5.74, 6) is 0. The first-order valence-corrected chi connectivity index (χ1v) is 6.70. The van der Waals surface area contributed by atoms with Crippen LogP contribution in [0.15, 0.2) is 18.3 Å².